The lowest BCUT2D eigenvalue weighted by Crippen LogP contribution is -2.39. The Bertz CT molecular complexity index is 696. The zero-order valence-electron chi connectivity index (χ0n) is 16.3. The maximum atomic E-state index is 5.27. The number of aliphatic imine (C=N–C) groups is 1. The van der Waals surface area contributed by atoms with Crippen LogP contribution in [-0.2, 0) is 13.0 Å². The van der Waals surface area contributed by atoms with Crippen molar-refractivity contribution in [3.63, 3.8) is 0 Å². The Labute approximate surface area is 160 Å². The molecule has 7 heteroatoms. The van der Waals surface area contributed by atoms with E-state index in [1.807, 2.05) is 14.1 Å². The number of thioether (sulfide) groups is 1. The summed E-state index contributed by atoms with van der Waals surface area (Å²) in [6, 6.07) is 8.63. The quantitative estimate of drug-likeness (QED) is 0.329. The zero-order chi connectivity index (χ0) is 18.9. The van der Waals surface area contributed by atoms with Gasteiger partial charge in [-0.15, -0.1) is 11.8 Å². The minimum atomic E-state index is 0.295. The molecule has 1 N–H and O–H groups in total. The maximum Gasteiger partial charge on any atom is 0.226 e. The Morgan fingerprint density at radius 3 is 2.62 bits per heavy atom. The second-order valence-electron chi connectivity index (χ2n) is 6.48. The largest absolute Gasteiger partial charge is 0.356 e. The first-order valence-electron chi connectivity index (χ1n) is 8.90. The van der Waals surface area contributed by atoms with Crippen molar-refractivity contribution in [2.75, 3.05) is 26.9 Å². The summed E-state index contributed by atoms with van der Waals surface area (Å²) < 4.78 is 5.27. The number of nitrogens with one attached hydrogen (secondary N) is 1. The van der Waals surface area contributed by atoms with E-state index >= 15 is 0 Å². The van der Waals surface area contributed by atoms with Crippen LogP contribution < -0.4 is 5.32 Å². The van der Waals surface area contributed by atoms with Gasteiger partial charge in [-0.05, 0) is 30.4 Å². The number of nitrogens with zero attached hydrogens (tertiary/aromatic N) is 4. The van der Waals surface area contributed by atoms with Crippen molar-refractivity contribution in [3.05, 3.63) is 41.5 Å². The number of aryl methyl sites for hydroxylation is 1. The monoisotopic (exact) mass is 375 g/mol. The highest BCUT2D eigenvalue weighted by Gasteiger charge is 2.10. The van der Waals surface area contributed by atoms with Crippen molar-refractivity contribution in [1.29, 1.82) is 0 Å². The van der Waals surface area contributed by atoms with E-state index in [0.29, 0.717) is 11.8 Å². The molecule has 0 amide bonds. The van der Waals surface area contributed by atoms with Crippen LogP contribution in [0, 0.1) is 0 Å². The van der Waals surface area contributed by atoms with Gasteiger partial charge in [0.05, 0.1) is 0 Å². The van der Waals surface area contributed by atoms with Crippen LogP contribution in [0.4, 0.5) is 0 Å². The van der Waals surface area contributed by atoms with Gasteiger partial charge in [-0.25, -0.2) is 0 Å². The summed E-state index contributed by atoms with van der Waals surface area (Å²) in [5.74, 6) is 2.65. The second-order valence-corrected chi connectivity index (χ2v) is 7.36. The molecule has 0 saturated heterocycles. The number of aromatic nitrogens is 2. The molecule has 0 aliphatic rings. The lowest BCUT2D eigenvalue weighted by molar-refractivity contribution is 0.368. The molecule has 0 aliphatic heterocycles. The van der Waals surface area contributed by atoms with E-state index in [-0.39, 0.29) is 0 Å². The van der Waals surface area contributed by atoms with E-state index in [2.05, 4.69) is 69.7 Å². The third-order valence-corrected chi connectivity index (χ3v) is 4.75. The van der Waals surface area contributed by atoms with Gasteiger partial charge in [0.1, 0.15) is 0 Å². The van der Waals surface area contributed by atoms with Gasteiger partial charge >= 0.3 is 0 Å². The van der Waals surface area contributed by atoms with Gasteiger partial charge in [-0.2, -0.15) is 4.98 Å². The summed E-state index contributed by atoms with van der Waals surface area (Å²) in [7, 11) is 3.85. The number of hydrogen-bond acceptors (Lipinski definition) is 5. The van der Waals surface area contributed by atoms with Crippen molar-refractivity contribution >= 4 is 17.7 Å². The fourth-order valence-electron chi connectivity index (χ4n) is 2.51. The summed E-state index contributed by atoms with van der Waals surface area (Å²) >= 11 is 1.75. The zero-order valence-corrected chi connectivity index (χ0v) is 17.1. The van der Waals surface area contributed by atoms with E-state index in [1.54, 1.807) is 11.8 Å². The molecule has 26 heavy (non-hydrogen) atoms. The SMILES string of the molecule is CN=C(NCCCc1nc(C(C)C)no1)N(C)Cc1ccc(SC)cc1. The van der Waals surface area contributed by atoms with E-state index in [1.165, 1.54) is 10.5 Å². The van der Waals surface area contributed by atoms with Gasteiger partial charge in [0.25, 0.3) is 0 Å². The first-order chi connectivity index (χ1) is 12.5. The van der Waals surface area contributed by atoms with Gasteiger partial charge in [-0.3, -0.25) is 4.99 Å². The van der Waals surface area contributed by atoms with Gasteiger partial charge in [0.2, 0.25) is 5.89 Å². The van der Waals surface area contributed by atoms with Crippen molar-refractivity contribution in [2.24, 2.45) is 4.99 Å². The third-order valence-electron chi connectivity index (χ3n) is 4.00. The summed E-state index contributed by atoms with van der Waals surface area (Å²) in [5, 5.41) is 7.39. The highest BCUT2D eigenvalue weighted by Crippen LogP contribution is 2.15. The fraction of sp³-hybridized carbons (Fsp3) is 0.526. The van der Waals surface area contributed by atoms with Crippen molar-refractivity contribution < 1.29 is 4.52 Å². The Morgan fingerprint density at radius 2 is 2.04 bits per heavy atom. The first kappa shape index (κ1) is 20.3. The van der Waals surface area contributed by atoms with Gasteiger partial charge in [-0.1, -0.05) is 31.1 Å². The van der Waals surface area contributed by atoms with Crippen LogP contribution in [0.2, 0.25) is 0 Å². The van der Waals surface area contributed by atoms with Crippen molar-refractivity contribution in [2.45, 2.75) is 44.0 Å². The average Bonchev–Trinajstić information content (AvgIpc) is 3.11. The Morgan fingerprint density at radius 1 is 1.31 bits per heavy atom. The standard InChI is InChI=1S/C19H29N5OS/c1-14(2)18-22-17(25-23-18)7-6-12-21-19(20-3)24(4)13-15-8-10-16(26-5)11-9-15/h8-11,14H,6-7,12-13H2,1-5H3,(H,20,21). The fourth-order valence-corrected chi connectivity index (χ4v) is 2.92. The molecule has 1 aromatic carbocycles. The molecule has 0 aliphatic carbocycles. The van der Waals surface area contributed by atoms with Gasteiger partial charge in [0, 0.05) is 44.4 Å². The molecule has 6 nitrogen and oxygen atoms in total. The number of benzene rings is 1. The number of rotatable bonds is 8. The van der Waals surface area contributed by atoms with Crippen LogP contribution in [0.1, 0.15) is 43.5 Å². The molecule has 1 heterocycles. The normalized spacial score (nSPS) is 11.8. The molecule has 0 saturated carbocycles. The molecular formula is C19H29N5OS. The van der Waals surface area contributed by atoms with E-state index in [0.717, 1.165) is 37.7 Å². The summed E-state index contributed by atoms with van der Waals surface area (Å²) in [6.45, 7) is 5.74. The van der Waals surface area contributed by atoms with Gasteiger partial charge < -0.3 is 14.7 Å². The first-order valence-corrected chi connectivity index (χ1v) is 10.1. The maximum absolute atomic E-state index is 5.27. The molecule has 0 fully saturated rings. The minimum Gasteiger partial charge on any atom is -0.356 e. The van der Waals surface area contributed by atoms with E-state index in [4.69, 9.17) is 4.52 Å². The number of guanidine groups is 1. The Kier molecular flexibility index (Phi) is 7.97. The molecule has 0 bridgehead atoms. The highest BCUT2D eigenvalue weighted by molar-refractivity contribution is 7.98. The molecule has 2 rings (SSSR count). The minimum absolute atomic E-state index is 0.295. The third kappa shape index (κ3) is 6.05. The molecule has 2 aromatic rings. The second kappa shape index (κ2) is 10.2. The van der Waals surface area contributed by atoms with Crippen LogP contribution >= 0.6 is 11.8 Å². The Balaban J connectivity index is 1.76. The van der Waals surface area contributed by atoms with Crippen LogP contribution in [0.3, 0.4) is 0 Å². The summed E-state index contributed by atoms with van der Waals surface area (Å²) in [5.41, 5.74) is 1.26. The smallest absolute Gasteiger partial charge is 0.226 e. The Hall–Kier alpha value is -2.02. The molecular weight excluding hydrogens is 346 g/mol. The van der Waals surface area contributed by atoms with Crippen LogP contribution in [0.5, 0.6) is 0 Å². The van der Waals surface area contributed by atoms with E-state index < -0.39 is 0 Å². The molecule has 1 aromatic heterocycles. The number of hydrogen-bond donors (Lipinski definition) is 1. The molecule has 142 valence electrons. The topological polar surface area (TPSA) is 66.5 Å². The van der Waals surface area contributed by atoms with Crippen LogP contribution in [0.15, 0.2) is 38.7 Å². The predicted molar refractivity (Wildman–Crippen MR) is 108 cm³/mol. The predicted octanol–water partition coefficient (Wildman–Crippen LogP) is 3.55. The van der Waals surface area contributed by atoms with Crippen molar-refractivity contribution in [3.8, 4) is 0 Å². The average molecular weight is 376 g/mol. The van der Waals surface area contributed by atoms with Crippen molar-refractivity contribution in [1.82, 2.24) is 20.4 Å². The van der Waals surface area contributed by atoms with Crippen LogP contribution in [0.25, 0.3) is 0 Å². The molecule has 0 unspecified atom stereocenters. The lowest BCUT2D eigenvalue weighted by atomic mass is 10.2. The lowest BCUT2D eigenvalue weighted by Gasteiger charge is -2.22. The van der Waals surface area contributed by atoms with Gasteiger partial charge in [0.15, 0.2) is 11.8 Å². The summed E-state index contributed by atoms with van der Waals surface area (Å²) in [4.78, 5) is 12.2. The molecule has 0 radical (unpaired) electrons. The highest BCUT2D eigenvalue weighted by atomic mass is 32.2. The van der Waals surface area contributed by atoms with Crippen LogP contribution in [-0.4, -0.2) is 47.9 Å². The van der Waals surface area contributed by atoms with E-state index in [9.17, 15) is 0 Å². The molecule has 0 atom stereocenters. The summed E-state index contributed by atoms with van der Waals surface area (Å²) in [6.07, 6.45) is 3.77. The molecule has 0 spiro atoms.